The lowest BCUT2D eigenvalue weighted by Crippen LogP contribution is -1.76. The Morgan fingerprint density at radius 1 is 1.80 bits per heavy atom. The summed E-state index contributed by atoms with van der Waals surface area (Å²) in [6.45, 7) is 0.396. The van der Waals surface area contributed by atoms with Gasteiger partial charge in [0.25, 0.3) is 0 Å². The van der Waals surface area contributed by atoms with Gasteiger partial charge >= 0.3 is 6.47 Å². The van der Waals surface area contributed by atoms with Gasteiger partial charge in [-0.15, -0.1) is 0 Å². The molecule has 0 fully saturated rings. The Balaban J connectivity index is 2.21. The molecule has 54 valence electrons. The van der Waals surface area contributed by atoms with Gasteiger partial charge in [0.2, 0.25) is 0 Å². The second-order valence-corrected chi connectivity index (χ2v) is 2.25. The Bertz CT molecular complexity index is 183. The standard InChI is InChI=1S/C6H6O3S/c7-5-9-10-4-6-2-1-3-8-6/h1-3,5H,4H2. The van der Waals surface area contributed by atoms with Gasteiger partial charge in [0.1, 0.15) is 5.76 Å². The third kappa shape index (κ3) is 2.14. The minimum Gasteiger partial charge on any atom is -0.468 e. The maximum absolute atomic E-state index is 9.66. The highest BCUT2D eigenvalue weighted by Crippen LogP contribution is 2.11. The number of carbonyl (C=O) groups is 1. The first-order chi connectivity index (χ1) is 4.93. The number of hydrogen-bond acceptors (Lipinski definition) is 4. The van der Waals surface area contributed by atoms with E-state index in [1.54, 1.807) is 12.3 Å². The van der Waals surface area contributed by atoms with E-state index in [4.69, 9.17) is 4.42 Å². The van der Waals surface area contributed by atoms with E-state index < -0.39 is 0 Å². The molecule has 1 aromatic heterocycles. The van der Waals surface area contributed by atoms with Crippen LogP contribution in [0.4, 0.5) is 0 Å². The zero-order valence-electron chi connectivity index (χ0n) is 5.15. The van der Waals surface area contributed by atoms with Gasteiger partial charge in [-0.2, -0.15) is 0 Å². The lowest BCUT2D eigenvalue weighted by molar-refractivity contribution is -0.119. The molecule has 0 atom stereocenters. The maximum Gasteiger partial charge on any atom is 0.305 e. The summed E-state index contributed by atoms with van der Waals surface area (Å²) in [6, 6.07) is 3.61. The number of rotatable bonds is 4. The Labute approximate surface area is 62.6 Å². The fourth-order valence-electron chi connectivity index (χ4n) is 0.515. The van der Waals surface area contributed by atoms with Gasteiger partial charge < -0.3 is 8.60 Å². The van der Waals surface area contributed by atoms with Crippen molar-refractivity contribution < 1.29 is 13.4 Å². The van der Waals surface area contributed by atoms with Gasteiger partial charge in [-0.3, -0.25) is 4.79 Å². The molecule has 0 spiro atoms. The first-order valence-corrected chi connectivity index (χ1v) is 3.59. The van der Waals surface area contributed by atoms with Crippen molar-refractivity contribution in [3.05, 3.63) is 24.2 Å². The first-order valence-electron chi connectivity index (χ1n) is 2.68. The van der Waals surface area contributed by atoms with Crippen LogP contribution in [0.5, 0.6) is 0 Å². The van der Waals surface area contributed by atoms with Crippen LogP contribution in [-0.4, -0.2) is 6.47 Å². The van der Waals surface area contributed by atoms with E-state index in [0.29, 0.717) is 12.2 Å². The molecule has 4 heteroatoms. The Morgan fingerprint density at radius 2 is 2.70 bits per heavy atom. The molecule has 0 aliphatic rings. The van der Waals surface area contributed by atoms with E-state index >= 15 is 0 Å². The van der Waals surface area contributed by atoms with Crippen molar-refractivity contribution in [1.82, 2.24) is 0 Å². The van der Waals surface area contributed by atoms with E-state index in [-0.39, 0.29) is 0 Å². The van der Waals surface area contributed by atoms with E-state index in [1.165, 1.54) is 0 Å². The van der Waals surface area contributed by atoms with Gasteiger partial charge in [-0.25, -0.2) is 0 Å². The molecule has 0 aliphatic heterocycles. The molecule has 0 N–H and O–H groups in total. The molecule has 0 aliphatic carbocycles. The molecular formula is C6H6O3S. The lowest BCUT2D eigenvalue weighted by Gasteiger charge is -1.90. The highest BCUT2D eigenvalue weighted by atomic mass is 32.2. The predicted octanol–water partition coefficient (Wildman–Crippen LogP) is 1.60. The zero-order valence-corrected chi connectivity index (χ0v) is 5.97. The second kappa shape index (κ2) is 4.00. The SMILES string of the molecule is O=COSCc1ccco1. The fourth-order valence-corrected chi connectivity index (χ4v) is 0.919. The van der Waals surface area contributed by atoms with E-state index in [1.807, 2.05) is 6.07 Å². The van der Waals surface area contributed by atoms with Gasteiger partial charge in [-0.05, 0) is 12.1 Å². The van der Waals surface area contributed by atoms with Crippen LogP contribution in [0.3, 0.4) is 0 Å². The predicted molar refractivity (Wildman–Crippen MR) is 37.2 cm³/mol. The van der Waals surface area contributed by atoms with Gasteiger partial charge in [0.05, 0.1) is 24.1 Å². The number of hydrogen-bond donors (Lipinski definition) is 0. The van der Waals surface area contributed by atoms with Crippen molar-refractivity contribution in [2.75, 3.05) is 0 Å². The molecule has 0 radical (unpaired) electrons. The van der Waals surface area contributed by atoms with Crippen molar-refractivity contribution in [3.63, 3.8) is 0 Å². The lowest BCUT2D eigenvalue weighted by atomic mass is 10.5. The summed E-state index contributed by atoms with van der Waals surface area (Å²) in [6.07, 6.45) is 1.58. The molecule has 0 unspecified atom stereocenters. The average molecular weight is 158 g/mol. The third-order valence-electron chi connectivity index (χ3n) is 0.889. The van der Waals surface area contributed by atoms with Crippen LogP contribution in [-0.2, 0) is 14.7 Å². The molecule has 10 heavy (non-hydrogen) atoms. The Kier molecular flexibility index (Phi) is 2.89. The van der Waals surface area contributed by atoms with Crippen LogP contribution >= 0.6 is 12.0 Å². The van der Waals surface area contributed by atoms with E-state index in [0.717, 1.165) is 17.8 Å². The highest BCUT2D eigenvalue weighted by Gasteiger charge is 1.94. The van der Waals surface area contributed by atoms with Crippen LogP contribution in [0.2, 0.25) is 0 Å². The van der Waals surface area contributed by atoms with Crippen LogP contribution < -0.4 is 0 Å². The smallest absolute Gasteiger partial charge is 0.305 e. The summed E-state index contributed by atoms with van der Waals surface area (Å²) in [5.74, 6) is 1.36. The van der Waals surface area contributed by atoms with Gasteiger partial charge in [0, 0.05) is 0 Å². The quantitative estimate of drug-likeness (QED) is 0.379. The number of carbonyl (C=O) groups excluding carboxylic acids is 1. The molecule has 0 bridgehead atoms. The molecule has 1 heterocycles. The molecule has 0 amide bonds. The maximum atomic E-state index is 9.66. The topological polar surface area (TPSA) is 39.4 Å². The first kappa shape index (κ1) is 7.21. The van der Waals surface area contributed by atoms with Crippen LogP contribution in [0, 0.1) is 0 Å². The summed E-state index contributed by atoms with van der Waals surface area (Å²) in [5.41, 5.74) is 0. The molecule has 0 aromatic carbocycles. The van der Waals surface area contributed by atoms with Crippen LogP contribution in [0.15, 0.2) is 22.8 Å². The Morgan fingerprint density at radius 3 is 3.30 bits per heavy atom. The van der Waals surface area contributed by atoms with Crippen molar-refractivity contribution in [3.8, 4) is 0 Å². The van der Waals surface area contributed by atoms with E-state index in [2.05, 4.69) is 4.18 Å². The van der Waals surface area contributed by atoms with Crippen molar-refractivity contribution in [1.29, 1.82) is 0 Å². The summed E-state index contributed by atoms with van der Waals surface area (Å²) >= 11 is 1.05. The van der Waals surface area contributed by atoms with Gasteiger partial charge in [0.15, 0.2) is 0 Å². The molecule has 1 aromatic rings. The largest absolute Gasteiger partial charge is 0.468 e. The molecule has 0 saturated heterocycles. The Hall–Kier alpha value is -0.900. The van der Waals surface area contributed by atoms with Gasteiger partial charge in [-0.1, -0.05) is 0 Å². The highest BCUT2D eigenvalue weighted by molar-refractivity contribution is 7.94. The van der Waals surface area contributed by atoms with E-state index in [9.17, 15) is 4.79 Å². The monoisotopic (exact) mass is 158 g/mol. The summed E-state index contributed by atoms with van der Waals surface area (Å²) < 4.78 is 9.35. The summed E-state index contributed by atoms with van der Waals surface area (Å²) in [5, 5.41) is 0. The minimum atomic E-state index is 0.396. The molecule has 1 rings (SSSR count). The average Bonchev–Trinajstić information content (AvgIpc) is 2.41. The number of furan rings is 1. The molecule has 3 nitrogen and oxygen atoms in total. The zero-order chi connectivity index (χ0) is 7.23. The van der Waals surface area contributed by atoms with Crippen LogP contribution in [0.1, 0.15) is 5.76 Å². The molecular weight excluding hydrogens is 152 g/mol. The normalized spacial score (nSPS) is 9.20. The fraction of sp³-hybridized carbons (Fsp3) is 0.167. The van der Waals surface area contributed by atoms with Crippen LogP contribution in [0.25, 0.3) is 0 Å². The summed E-state index contributed by atoms with van der Waals surface area (Å²) in [4.78, 5) is 9.66. The van der Waals surface area contributed by atoms with Crippen molar-refractivity contribution in [2.45, 2.75) is 5.75 Å². The second-order valence-electron chi connectivity index (χ2n) is 1.53. The van der Waals surface area contributed by atoms with Crippen molar-refractivity contribution in [2.24, 2.45) is 0 Å². The third-order valence-corrected chi connectivity index (χ3v) is 1.51. The summed E-state index contributed by atoms with van der Waals surface area (Å²) in [7, 11) is 0. The molecule has 0 saturated carbocycles. The van der Waals surface area contributed by atoms with Crippen molar-refractivity contribution >= 4 is 18.5 Å². The minimum absolute atomic E-state index is 0.396.